The van der Waals surface area contributed by atoms with Crippen LogP contribution in [0.3, 0.4) is 0 Å². The summed E-state index contributed by atoms with van der Waals surface area (Å²) < 4.78 is 16.0. The van der Waals surface area contributed by atoms with Crippen LogP contribution in [0.4, 0.5) is 14.4 Å². The first kappa shape index (κ1) is 31.4. The summed E-state index contributed by atoms with van der Waals surface area (Å²) in [5.74, 6) is 0.0509. The molecule has 41 heavy (non-hydrogen) atoms. The molecule has 1 aliphatic rings. The minimum atomic E-state index is -0.853. The molecule has 1 saturated heterocycles. The summed E-state index contributed by atoms with van der Waals surface area (Å²) >= 11 is 0. The van der Waals surface area contributed by atoms with E-state index in [1.807, 2.05) is 60.7 Å². The normalized spacial score (nSPS) is 16.3. The van der Waals surface area contributed by atoms with Crippen LogP contribution in [0.25, 0.3) is 0 Å². The zero-order chi connectivity index (χ0) is 29.7. The summed E-state index contributed by atoms with van der Waals surface area (Å²) in [6.45, 7) is 6.09. The van der Waals surface area contributed by atoms with Gasteiger partial charge in [0.25, 0.3) is 0 Å². The standard InChI is InChI=1S/C30H40N4O7/c1-30(2,3)41-29(38)31-25(19-35)17-24-15-10-16-34(18-24)26(32-27(36)39-20-22-11-6-4-7-12-22)33-28(37)40-21-23-13-8-5-9-14-23/h4-9,11-14,24-25,35H,10,15-21H2,1-3H3,(H,31,38)(H,32,33,36,37)/t24?,25-/m0/s1. The van der Waals surface area contributed by atoms with Crippen molar-refractivity contribution in [1.29, 1.82) is 0 Å². The van der Waals surface area contributed by atoms with Crippen LogP contribution >= 0.6 is 0 Å². The fourth-order valence-electron chi connectivity index (χ4n) is 4.37. The Bertz CT molecular complexity index is 1150. The summed E-state index contributed by atoms with van der Waals surface area (Å²) in [6.07, 6.45) is -0.174. The molecule has 1 fully saturated rings. The summed E-state index contributed by atoms with van der Waals surface area (Å²) in [4.78, 5) is 43.4. The smallest absolute Gasteiger partial charge is 0.437 e. The van der Waals surface area contributed by atoms with Crippen LogP contribution in [0.1, 0.15) is 51.2 Å². The lowest BCUT2D eigenvalue weighted by molar-refractivity contribution is 0.0466. The minimum Gasteiger partial charge on any atom is -0.444 e. The quantitative estimate of drug-likeness (QED) is 0.239. The first-order valence-electron chi connectivity index (χ1n) is 13.7. The maximum atomic E-state index is 12.7. The number of hydrogen-bond donors (Lipinski definition) is 3. The van der Waals surface area contributed by atoms with Crippen molar-refractivity contribution in [2.45, 2.75) is 64.9 Å². The maximum Gasteiger partial charge on any atom is 0.437 e. The molecule has 3 N–H and O–H groups in total. The number of guanidine groups is 1. The van der Waals surface area contributed by atoms with Crippen molar-refractivity contribution in [3.8, 4) is 0 Å². The predicted molar refractivity (Wildman–Crippen MR) is 153 cm³/mol. The van der Waals surface area contributed by atoms with Crippen LogP contribution in [-0.4, -0.2) is 65.6 Å². The topological polar surface area (TPSA) is 139 Å². The van der Waals surface area contributed by atoms with Crippen molar-refractivity contribution in [2.24, 2.45) is 10.9 Å². The van der Waals surface area contributed by atoms with Crippen molar-refractivity contribution in [2.75, 3.05) is 19.7 Å². The van der Waals surface area contributed by atoms with Crippen LogP contribution in [0.2, 0.25) is 0 Å². The number of nitrogens with zero attached hydrogens (tertiary/aromatic N) is 2. The second-order valence-electron chi connectivity index (χ2n) is 10.9. The summed E-state index contributed by atoms with van der Waals surface area (Å²) in [6, 6.07) is 17.9. The van der Waals surface area contributed by atoms with E-state index in [0.717, 1.165) is 24.0 Å². The van der Waals surface area contributed by atoms with Gasteiger partial charge in [-0.05, 0) is 57.1 Å². The Hall–Kier alpha value is -4.12. The molecule has 0 bridgehead atoms. The van der Waals surface area contributed by atoms with Gasteiger partial charge in [0.15, 0.2) is 0 Å². The number of carbonyl (C=O) groups excluding carboxylic acids is 3. The van der Waals surface area contributed by atoms with Gasteiger partial charge >= 0.3 is 18.3 Å². The number of hydrogen-bond acceptors (Lipinski definition) is 7. The molecule has 0 aliphatic carbocycles. The van der Waals surface area contributed by atoms with Crippen LogP contribution in [0.5, 0.6) is 0 Å². The summed E-state index contributed by atoms with van der Waals surface area (Å²) in [5.41, 5.74) is 0.958. The Morgan fingerprint density at radius 1 is 0.976 bits per heavy atom. The lowest BCUT2D eigenvalue weighted by atomic mass is 9.91. The number of rotatable bonds is 8. The average molecular weight is 569 g/mol. The van der Waals surface area contributed by atoms with Gasteiger partial charge in [0, 0.05) is 13.1 Å². The monoisotopic (exact) mass is 568 g/mol. The van der Waals surface area contributed by atoms with Crippen molar-refractivity contribution >= 4 is 24.2 Å². The largest absolute Gasteiger partial charge is 0.444 e. The third-order valence-corrected chi connectivity index (χ3v) is 6.21. The third-order valence-electron chi connectivity index (χ3n) is 6.21. The Morgan fingerprint density at radius 2 is 1.59 bits per heavy atom. The van der Waals surface area contributed by atoms with Crippen LogP contribution in [-0.2, 0) is 27.4 Å². The van der Waals surface area contributed by atoms with E-state index in [1.165, 1.54) is 0 Å². The number of aliphatic hydroxyl groups excluding tert-OH is 1. The maximum absolute atomic E-state index is 12.7. The van der Waals surface area contributed by atoms with Gasteiger partial charge in [-0.3, -0.25) is 5.32 Å². The zero-order valence-electron chi connectivity index (χ0n) is 23.9. The molecule has 2 atom stereocenters. The predicted octanol–water partition coefficient (Wildman–Crippen LogP) is 4.59. The first-order chi connectivity index (χ1) is 19.6. The van der Waals surface area contributed by atoms with Gasteiger partial charge in [-0.2, -0.15) is 0 Å². The number of nitrogens with one attached hydrogen (secondary N) is 2. The summed E-state index contributed by atoms with van der Waals surface area (Å²) in [5, 5.41) is 15.2. The first-order valence-corrected chi connectivity index (χ1v) is 13.7. The fraction of sp³-hybridized carbons (Fsp3) is 0.467. The van der Waals surface area contributed by atoms with Crippen molar-refractivity contribution in [3.05, 3.63) is 71.8 Å². The highest BCUT2D eigenvalue weighted by molar-refractivity contribution is 5.98. The van der Waals surface area contributed by atoms with E-state index >= 15 is 0 Å². The number of amides is 3. The highest BCUT2D eigenvalue weighted by Crippen LogP contribution is 2.22. The molecule has 1 aliphatic heterocycles. The number of aliphatic imine (C=N–C) groups is 1. The molecule has 222 valence electrons. The van der Waals surface area contributed by atoms with Crippen LogP contribution < -0.4 is 10.6 Å². The number of carbonyl (C=O) groups is 3. The number of benzene rings is 2. The molecule has 2 aromatic carbocycles. The van der Waals surface area contributed by atoms with E-state index in [0.29, 0.717) is 19.5 Å². The van der Waals surface area contributed by atoms with E-state index in [2.05, 4.69) is 15.6 Å². The van der Waals surface area contributed by atoms with E-state index in [1.54, 1.807) is 25.7 Å². The molecule has 11 nitrogen and oxygen atoms in total. The molecule has 1 unspecified atom stereocenters. The average Bonchev–Trinajstić information content (AvgIpc) is 2.94. The molecule has 0 aromatic heterocycles. The Balaban J connectivity index is 1.66. The Morgan fingerprint density at radius 3 is 2.17 bits per heavy atom. The molecular formula is C30H40N4O7. The fourth-order valence-corrected chi connectivity index (χ4v) is 4.37. The van der Waals surface area contributed by atoms with E-state index < -0.39 is 29.9 Å². The molecule has 3 rings (SSSR count). The zero-order valence-corrected chi connectivity index (χ0v) is 23.9. The SMILES string of the molecule is CC(C)(C)OC(=O)N[C@H](CO)CC1CCCN(/C(=N/C(=O)OCc2ccccc2)NC(=O)OCc2ccccc2)C1. The van der Waals surface area contributed by atoms with Gasteiger partial charge in [0.05, 0.1) is 12.6 Å². The molecular weight excluding hydrogens is 528 g/mol. The van der Waals surface area contributed by atoms with Gasteiger partial charge in [-0.15, -0.1) is 4.99 Å². The highest BCUT2D eigenvalue weighted by atomic mass is 16.6. The number of likely N-dealkylation sites (tertiary alicyclic amines) is 1. The number of alkyl carbamates (subject to hydrolysis) is 2. The molecule has 0 spiro atoms. The molecule has 0 radical (unpaired) electrons. The van der Waals surface area contributed by atoms with E-state index in [-0.39, 0.29) is 31.7 Å². The van der Waals surface area contributed by atoms with Gasteiger partial charge in [-0.1, -0.05) is 60.7 Å². The molecule has 2 aromatic rings. The molecule has 11 heteroatoms. The highest BCUT2D eigenvalue weighted by Gasteiger charge is 2.28. The molecule has 0 saturated carbocycles. The number of piperidine rings is 1. The number of ether oxygens (including phenoxy) is 3. The van der Waals surface area contributed by atoms with Gasteiger partial charge < -0.3 is 29.5 Å². The second kappa shape index (κ2) is 15.6. The molecule has 3 amide bonds. The van der Waals surface area contributed by atoms with Crippen molar-refractivity contribution in [1.82, 2.24) is 15.5 Å². The lowest BCUT2D eigenvalue weighted by Crippen LogP contribution is -2.50. The number of aliphatic hydroxyl groups is 1. The van der Waals surface area contributed by atoms with Gasteiger partial charge in [-0.25, -0.2) is 14.4 Å². The van der Waals surface area contributed by atoms with Crippen molar-refractivity contribution in [3.63, 3.8) is 0 Å². The molecule has 1 heterocycles. The van der Waals surface area contributed by atoms with Crippen LogP contribution in [0, 0.1) is 5.92 Å². The summed E-state index contributed by atoms with van der Waals surface area (Å²) in [7, 11) is 0. The second-order valence-corrected chi connectivity index (χ2v) is 10.9. The Kier molecular flexibility index (Phi) is 12.0. The third kappa shape index (κ3) is 11.9. The Labute approximate surface area is 240 Å². The van der Waals surface area contributed by atoms with E-state index in [4.69, 9.17) is 14.2 Å². The van der Waals surface area contributed by atoms with Gasteiger partial charge in [0.2, 0.25) is 5.96 Å². The minimum absolute atomic E-state index is 0.0199. The van der Waals surface area contributed by atoms with Crippen LogP contribution in [0.15, 0.2) is 65.7 Å². The lowest BCUT2D eigenvalue weighted by Gasteiger charge is -2.35. The van der Waals surface area contributed by atoms with Crippen molar-refractivity contribution < 1.29 is 33.7 Å². The van der Waals surface area contributed by atoms with E-state index in [9.17, 15) is 19.5 Å². The van der Waals surface area contributed by atoms with Gasteiger partial charge in [0.1, 0.15) is 18.8 Å².